The summed E-state index contributed by atoms with van der Waals surface area (Å²) in [6.07, 6.45) is 4.64. The van der Waals surface area contributed by atoms with Crippen LogP contribution in [0, 0.1) is 18.3 Å². The van der Waals surface area contributed by atoms with Crippen molar-refractivity contribution in [2.45, 2.75) is 31.7 Å². The Balaban J connectivity index is 1.91. The molecule has 126 valence electrons. The third kappa shape index (κ3) is 4.07. The van der Waals surface area contributed by atoms with Crippen LogP contribution in [0.4, 0.5) is 0 Å². The van der Waals surface area contributed by atoms with Crippen molar-refractivity contribution >= 4 is 11.6 Å². The predicted molar refractivity (Wildman–Crippen MR) is 98.3 cm³/mol. The van der Waals surface area contributed by atoms with Gasteiger partial charge >= 0.3 is 0 Å². The van der Waals surface area contributed by atoms with Gasteiger partial charge in [-0.05, 0) is 43.0 Å². The van der Waals surface area contributed by atoms with Gasteiger partial charge in [0, 0.05) is 5.02 Å². The number of nitriles is 1. The van der Waals surface area contributed by atoms with Crippen LogP contribution in [0.3, 0.4) is 0 Å². The molecule has 1 aromatic heterocycles. The van der Waals surface area contributed by atoms with Gasteiger partial charge in [-0.25, -0.2) is 4.98 Å². The van der Waals surface area contributed by atoms with Gasteiger partial charge in [0.05, 0.1) is 12.6 Å². The Morgan fingerprint density at radius 2 is 1.84 bits per heavy atom. The quantitative estimate of drug-likeness (QED) is 0.664. The average Bonchev–Trinajstić information content (AvgIpc) is 3.13. The lowest BCUT2D eigenvalue weighted by molar-refractivity contribution is 0.402. The van der Waals surface area contributed by atoms with E-state index in [2.05, 4.69) is 47.3 Å². The third-order valence-electron chi connectivity index (χ3n) is 4.47. The lowest BCUT2D eigenvalue weighted by atomic mass is 9.77. The van der Waals surface area contributed by atoms with Gasteiger partial charge in [-0.15, -0.1) is 0 Å². The van der Waals surface area contributed by atoms with Gasteiger partial charge in [-0.3, -0.25) is 4.68 Å². The van der Waals surface area contributed by atoms with Crippen LogP contribution in [0.1, 0.15) is 23.1 Å². The zero-order valence-corrected chi connectivity index (χ0v) is 14.8. The van der Waals surface area contributed by atoms with Crippen LogP contribution in [0.5, 0.6) is 0 Å². The summed E-state index contributed by atoms with van der Waals surface area (Å²) in [6.45, 7) is 2.53. The second kappa shape index (κ2) is 7.50. The van der Waals surface area contributed by atoms with Gasteiger partial charge in [0.15, 0.2) is 0 Å². The Bertz CT molecular complexity index is 848. The molecular weight excluding hydrogens is 332 g/mol. The number of aryl methyl sites for hydroxylation is 2. The maximum atomic E-state index is 10.1. The molecule has 0 spiro atoms. The van der Waals surface area contributed by atoms with Crippen molar-refractivity contribution in [3.8, 4) is 6.07 Å². The number of hydrogen-bond donors (Lipinski definition) is 0. The molecule has 4 nitrogen and oxygen atoms in total. The highest BCUT2D eigenvalue weighted by Gasteiger charge is 2.33. The standard InChI is InChI=1S/C20H19ClN4/c1-16-2-4-17(5-3-16)10-11-20(12-22,13-25-15-23-14-24-25)18-6-8-19(21)9-7-18/h2-9,14-15H,10-11,13H2,1H3. The first-order valence-electron chi connectivity index (χ1n) is 8.17. The predicted octanol–water partition coefficient (Wildman–Crippen LogP) is 4.33. The molecule has 0 N–H and O–H groups in total. The SMILES string of the molecule is Cc1ccc(CCC(C#N)(Cn2cncn2)c2ccc(Cl)cc2)cc1. The summed E-state index contributed by atoms with van der Waals surface area (Å²) < 4.78 is 1.72. The van der Waals surface area contributed by atoms with Crippen molar-refractivity contribution in [3.63, 3.8) is 0 Å². The lowest BCUT2D eigenvalue weighted by Gasteiger charge is -2.27. The second-order valence-electron chi connectivity index (χ2n) is 6.28. The molecule has 0 saturated carbocycles. The Kier molecular flexibility index (Phi) is 5.16. The zero-order valence-electron chi connectivity index (χ0n) is 14.1. The number of benzene rings is 2. The Hall–Kier alpha value is -2.64. The largest absolute Gasteiger partial charge is 0.251 e. The zero-order chi connectivity index (χ0) is 17.7. The lowest BCUT2D eigenvalue weighted by Crippen LogP contribution is -2.31. The fraction of sp³-hybridized carbons (Fsp3) is 0.250. The van der Waals surface area contributed by atoms with E-state index in [1.54, 1.807) is 11.0 Å². The van der Waals surface area contributed by atoms with Crippen molar-refractivity contribution in [1.29, 1.82) is 5.26 Å². The molecule has 3 rings (SSSR count). The minimum Gasteiger partial charge on any atom is -0.251 e. The van der Waals surface area contributed by atoms with E-state index in [9.17, 15) is 5.26 Å². The molecule has 5 heteroatoms. The maximum absolute atomic E-state index is 10.1. The van der Waals surface area contributed by atoms with Gasteiger partial charge in [0.2, 0.25) is 0 Å². The molecule has 0 fully saturated rings. The van der Waals surface area contributed by atoms with Crippen LogP contribution in [-0.4, -0.2) is 14.8 Å². The summed E-state index contributed by atoms with van der Waals surface area (Å²) >= 11 is 6.02. The van der Waals surface area contributed by atoms with Gasteiger partial charge in [0.1, 0.15) is 18.1 Å². The molecule has 1 atom stereocenters. The number of hydrogen-bond acceptors (Lipinski definition) is 3. The van der Waals surface area contributed by atoms with Crippen LogP contribution in [-0.2, 0) is 18.4 Å². The van der Waals surface area contributed by atoms with Crippen LogP contribution in [0.2, 0.25) is 5.02 Å². The van der Waals surface area contributed by atoms with E-state index in [0.717, 1.165) is 12.0 Å². The van der Waals surface area contributed by atoms with Crippen molar-refractivity contribution < 1.29 is 0 Å². The highest BCUT2D eigenvalue weighted by Crippen LogP contribution is 2.32. The van der Waals surface area contributed by atoms with Gasteiger partial charge < -0.3 is 0 Å². The number of halogens is 1. The van der Waals surface area contributed by atoms with Crippen LogP contribution in [0.25, 0.3) is 0 Å². The van der Waals surface area contributed by atoms with Gasteiger partial charge in [0.25, 0.3) is 0 Å². The van der Waals surface area contributed by atoms with E-state index in [4.69, 9.17) is 11.6 Å². The molecule has 0 amide bonds. The number of rotatable bonds is 6. The molecule has 1 unspecified atom stereocenters. The average molecular weight is 351 g/mol. The Morgan fingerprint density at radius 1 is 1.12 bits per heavy atom. The minimum absolute atomic E-state index is 0.455. The van der Waals surface area contributed by atoms with Crippen LogP contribution < -0.4 is 0 Å². The molecule has 0 radical (unpaired) electrons. The highest BCUT2D eigenvalue weighted by atomic mass is 35.5. The van der Waals surface area contributed by atoms with Crippen molar-refractivity contribution in [2.24, 2.45) is 0 Å². The van der Waals surface area contributed by atoms with E-state index in [1.807, 2.05) is 24.3 Å². The summed E-state index contributed by atoms with van der Waals surface area (Å²) in [5.74, 6) is 0. The fourth-order valence-electron chi connectivity index (χ4n) is 2.94. The Labute approximate surface area is 152 Å². The summed E-state index contributed by atoms with van der Waals surface area (Å²) in [6, 6.07) is 18.5. The summed E-state index contributed by atoms with van der Waals surface area (Å²) in [5.41, 5.74) is 2.71. The fourth-order valence-corrected chi connectivity index (χ4v) is 3.07. The summed E-state index contributed by atoms with van der Waals surface area (Å²) in [7, 11) is 0. The molecule has 0 aliphatic rings. The molecule has 0 saturated heterocycles. The van der Waals surface area contributed by atoms with Gasteiger partial charge in [-0.1, -0.05) is 53.6 Å². The third-order valence-corrected chi connectivity index (χ3v) is 4.72. The van der Waals surface area contributed by atoms with E-state index in [0.29, 0.717) is 18.0 Å². The summed E-state index contributed by atoms with van der Waals surface area (Å²) in [4.78, 5) is 4.00. The topological polar surface area (TPSA) is 54.5 Å². The Morgan fingerprint density at radius 3 is 2.44 bits per heavy atom. The first-order valence-corrected chi connectivity index (χ1v) is 8.54. The smallest absolute Gasteiger partial charge is 0.137 e. The monoisotopic (exact) mass is 350 g/mol. The van der Waals surface area contributed by atoms with E-state index in [-0.39, 0.29) is 0 Å². The second-order valence-corrected chi connectivity index (χ2v) is 6.72. The van der Waals surface area contributed by atoms with Crippen molar-refractivity contribution in [2.75, 3.05) is 0 Å². The van der Waals surface area contributed by atoms with Gasteiger partial charge in [-0.2, -0.15) is 10.4 Å². The minimum atomic E-state index is -0.691. The van der Waals surface area contributed by atoms with E-state index < -0.39 is 5.41 Å². The summed E-state index contributed by atoms with van der Waals surface area (Å²) in [5, 5.41) is 14.9. The normalized spacial score (nSPS) is 13.2. The van der Waals surface area contributed by atoms with Crippen molar-refractivity contribution in [1.82, 2.24) is 14.8 Å². The molecule has 3 aromatic rings. The first-order chi connectivity index (χ1) is 12.1. The molecule has 0 aliphatic heterocycles. The molecule has 1 heterocycles. The highest BCUT2D eigenvalue weighted by molar-refractivity contribution is 6.30. The van der Waals surface area contributed by atoms with Crippen LogP contribution in [0.15, 0.2) is 61.2 Å². The number of aromatic nitrogens is 3. The van der Waals surface area contributed by atoms with Crippen molar-refractivity contribution in [3.05, 3.63) is 82.9 Å². The molecular formula is C20H19ClN4. The molecule has 0 bridgehead atoms. The first kappa shape index (κ1) is 17.2. The molecule has 25 heavy (non-hydrogen) atoms. The number of nitrogens with zero attached hydrogens (tertiary/aromatic N) is 4. The maximum Gasteiger partial charge on any atom is 0.137 e. The molecule has 0 aliphatic carbocycles. The molecule has 2 aromatic carbocycles. The van der Waals surface area contributed by atoms with E-state index in [1.165, 1.54) is 17.5 Å². The van der Waals surface area contributed by atoms with E-state index >= 15 is 0 Å². The van der Waals surface area contributed by atoms with Crippen LogP contribution >= 0.6 is 11.6 Å².